The van der Waals surface area contributed by atoms with Crippen molar-refractivity contribution in [3.63, 3.8) is 0 Å². The maximum absolute atomic E-state index is 9.15. The highest BCUT2D eigenvalue weighted by atomic mass is 16.5. The zero-order valence-electron chi connectivity index (χ0n) is 16.6. The molecule has 27 heavy (non-hydrogen) atoms. The third-order valence-corrected chi connectivity index (χ3v) is 5.80. The molecule has 1 aromatic carbocycles. The smallest absolute Gasteiger partial charge is 0.139 e. The largest absolute Gasteiger partial charge is 0.487 e. The molecule has 2 aliphatic heterocycles. The standard InChI is InChI=1S/C22H31NO4/c1-21(2)18-9-11-22(3,10-6-12-23(13-15-24)14-16-25)27-20(18)17-7-4-5-8-19(17)26-21/h4-5,7-8,18,20,24-25H,9,11-16H2,1-3H3/p+1/t18-,20+,22+/m0/s1. The second-order valence-electron chi connectivity index (χ2n) is 8.33. The lowest BCUT2D eigenvalue weighted by Crippen LogP contribution is -3.13. The molecule has 0 radical (unpaired) electrons. The molecule has 3 rings (SSSR count). The van der Waals surface area contributed by atoms with Crippen LogP contribution >= 0.6 is 0 Å². The normalized spacial score (nSPS) is 28.5. The zero-order chi connectivity index (χ0) is 19.5. The predicted molar refractivity (Wildman–Crippen MR) is 104 cm³/mol. The average Bonchev–Trinajstić information content (AvgIpc) is 2.61. The Balaban J connectivity index is 1.77. The molecule has 1 saturated heterocycles. The Morgan fingerprint density at radius 1 is 1.15 bits per heavy atom. The van der Waals surface area contributed by atoms with E-state index in [1.165, 1.54) is 0 Å². The number of rotatable bonds is 5. The molecule has 2 heterocycles. The van der Waals surface area contributed by atoms with Gasteiger partial charge in [-0.15, -0.1) is 0 Å². The van der Waals surface area contributed by atoms with Crippen molar-refractivity contribution >= 4 is 0 Å². The van der Waals surface area contributed by atoms with Crippen LogP contribution in [0.5, 0.6) is 5.75 Å². The highest BCUT2D eigenvalue weighted by molar-refractivity contribution is 5.39. The van der Waals surface area contributed by atoms with Gasteiger partial charge in [0.15, 0.2) is 0 Å². The van der Waals surface area contributed by atoms with Crippen molar-refractivity contribution in [2.45, 2.75) is 50.9 Å². The first-order chi connectivity index (χ1) is 12.9. The number of fused-ring (bicyclic) bond motifs is 3. The van der Waals surface area contributed by atoms with Crippen molar-refractivity contribution in [1.82, 2.24) is 0 Å². The van der Waals surface area contributed by atoms with Gasteiger partial charge in [-0.2, -0.15) is 0 Å². The van der Waals surface area contributed by atoms with Crippen LogP contribution < -0.4 is 9.64 Å². The Morgan fingerprint density at radius 2 is 1.85 bits per heavy atom. The first-order valence-electron chi connectivity index (χ1n) is 9.89. The second-order valence-corrected chi connectivity index (χ2v) is 8.33. The minimum Gasteiger partial charge on any atom is -0.487 e. The fraction of sp³-hybridized carbons (Fsp3) is 0.636. The van der Waals surface area contributed by atoms with Crippen LogP contribution in [0.2, 0.25) is 0 Å². The van der Waals surface area contributed by atoms with Gasteiger partial charge in [0.25, 0.3) is 0 Å². The van der Waals surface area contributed by atoms with E-state index in [-0.39, 0.29) is 24.9 Å². The average molecular weight is 375 g/mol. The topological polar surface area (TPSA) is 63.4 Å². The maximum atomic E-state index is 9.15. The molecule has 1 fully saturated rings. The van der Waals surface area contributed by atoms with Crippen LogP contribution in [-0.2, 0) is 4.74 Å². The van der Waals surface area contributed by atoms with Crippen LogP contribution in [0.25, 0.3) is 0 Å². The quantitative estimate of drug-likeness (QED) is 0.672. The molecule has 148 valence electrons. The molecule has 0 bridgehead atoms. The van der Waals surface area contributed by atoms with E-state index in [0.29, 0.717) is 25.6 Å². The highest BCUT2D eigenvalue weighted by Gasteiger charge is 2.49. The number of ether oxygens (including phenoxy) is 2. The molecule has 2 aliphatic rings. The fourth-order valence-electron chi connectivity index (χ4n) is 4.23. The minimum atomic E-state index is -0.495. The highest BCUT2D eigenvalue weighted by Crippen LogP contribution is 2.52. The Hall–Kier alpha value is -1.58. The van der Waals surface area contributed by atoms with Gasteiger partial charge in [-0.3, -0.25) is 0 Å². The molecule has 0 spiro atoms. The van der Waals surface area contributed by atoms with Gasteiger partial charge in [0.1, 0.15) is 36.6 Å². The molecular formula is C22H32NO4+. The SMILES string of the molecule is CC1(C)Oc2ccccc2[C@H]2O[C@](C)(C#CC[NH+](CCO)CCO)CC[C@@H]21. The number of aliphatic hydroxyl groups is 2. The number of hydrogen-bond acceptors (Lipinski definition) is 4. The van der Waals surface area contributed by atoms with E-state index in [2.05, 4.69) is 38.7 Å². The van der Waals surface area contributed by atoms with Crippen molar-refractivity contribution in [1.29, 1.82) is 0 Å². The summed E-state index contributed by atoms with van der Waals surface area (Å²) < 4.78 is 12.8. The molecule has 3 atom stereocenters. The van der Waals surface area contributed by atoms with Crippen LogP contribution in [0, 0.1) is 17.8 Å². The summed E-state index contributed by atoms with van der Waals surface area (Å²) >= 11 is 0. The van der Waals surface area contributed by atoms with Gasteiger partial charge < -0.3 is 24.6 Å². The van der Waals surface area contributed by atoms with Gasteiger partial charge in [-0.05, 0) is 45.6 Å². The predicted octanol–water partition coefficient (Wildman–Crippen LogP) is 0.957. The fourth-order valence-corrected chi connectivity index (χ4v) is 4.23. The molecule has 0 aliphatic carbocycles. The molecule has 5 nitrogen and oxygen atoms in total. The van der Waals surface area contributed by atoms with Crippen molar-refractivity contribution in [3.05, 3.63) is 29.8 Å². The van der Waals surface area contributed by atoms with Crippen molar-refractivity contribution in [3.8, 4) is 17.6 Å². The molecular weight excluding hydrogens is 342 g/mol. The van der Waals surface area contributed by atoms with Gasteiger partial charge in [-0.1, -0.05) is 24.1 Å². The number of aliphatic hydroxyl groups excluding tert-OH is 2. The van der Waals surface area contributed by atoms with Crippen molar-refractivity contribution in [2.24, 2.45) is 5.92 Å². The summed E-state index contributed by atoms with van der Waals surface area (Å²) in [5, 5.41) is 18.3. The third-order valence-electron chi connectivity index (χ3n) is 5.80. The van der Waals surface area contributed by atoms with Crippen LogP contribution in [0.1, 0.15) is 45.3 Å². The number of hydrogen-bond donors (Lipinski definition) is 3. The summed E-state index contributed by atoms with van der Waals surface area (Å²) in [5.74, 6) is 7.78. The van der Waals surface area contributed by atoms with Gasteiger partial charge in [-0.25, -0.2) is 0 Å². The van der Waals surface area contributed by atoms with Gasteiger partial charge >= 0.3 is 0 Å². The second kappa shape index (κ2) is 8.20. The monoisotopic (exact) mass is 374 g/mol. The molecule has 1 aromatic rings. The molecule has 3 N–H and O–H groups in total. The van der Waals surface area contributed by atoms with E-state index in [9.17, 15) is 0 Å². The van der Waals surface area contributed by atoms with Crippen LogP contribution in [0.3, 0.4) is 0 Å². The van der Waals surface area contributed by atoms with Gasteiger partial charge in [0.2, 0.25) is 0 Å². The number of benzene rings is 1. The summed E-state index contributed by atoms with van der Waals surface area (Å²) in [6, 6.07) is 8.13. The van der Waals surface area contributed by atoms with E-state index < -0.39 is 5.60 Å². The van der Waals surface area contributed by atoms with Gasteiger partial charge in [0, 0.05) is 11.5 Å². The maximum Gasteiger partial charge on any atom is 0.139 e. The first kappa shape index (κ1) is 20.2. The van der Waals surface area contributed by atoms with E-state index >= 15 is 0 Å². The lowest BCUT2D eigenvalue weighted by molar-refractivity contribution is -0.893. The first-order valence-corrected chi connectivity index (χ1v) is 9.89. The zero-order valence-corrected chi connectivity index (χ0v) is 16.6. The summed E-state index contributed by atoms with van der Waals surface area (Å²) in [7, 11) is 0. The van der Waals surface area contributed by atoms with Crippen LogP contribution in [0.15, 0.2) is 24.3 Å². The third kappa shape index (κ3) is 4.47. The molecule has 0 aromatic heterocycles. The van der Waals surface area contributed by atoms with Crippen molar-refractivity contribution in [2.75, 3.05) is 32.8 Å². The molecule has 0 saturated carbocycles. The van der Waals surface area contributed by atoms with Crippen molar-refractivity contribution < 1.29 is 24.6 Å². The molecule has 0 unspecified atom stereocenters. The van der Waals surface area contributed by atoms with Gasteiger partial charge in [0.05, 0.1) is 19.3 Å². The number of para-hydroxylation sites is 1. The Labute approximate surface area is 162 Å². The lowest BCUT2D eigenvalue weighted by Gasteiger charge is -2.50. The summed E-state index contributed by atoms with van der Waals surface area (Å²) in [6.45, 7) is 8.33. The molecule has 5 heteroatoms. The van der Waals surface area contributed by atoms with E-state index in [1.54, 1.807) is 0 Å². The lowest BCUT2D eigenvalue weighted by atomic mass is 9.73. The van der Waals surface area contributed by atoms with Crippen LogP contribution in [-0.4, -0.2) is 54.3 Å². The number of quaternary nitrogens is 1. The van der Waals surface area contributed by atoms with E-state index in [4.69, 9.17) is 19.7 Å². The van der Waals surface area contributed by atoms with E-state index in [0.717, 1.165) is 29.1 Å². The minimum absolute atomic E-state index is 0.0173. The summed E-state index contributed by atoms with van der Waals surface area (Å²) in [4.78, 5) is 1.09. The van der Waals surface area contributed by atoms with Crippen LogP contribution in [0.4, 0.5) is 0 Å². The summed E-state index contributed by atoms with van der Waals surface area (Å²) in [5.41, 5.74) is 0.352. The Morgan fingerprint density at radius 3 is 2.56 bits per heavy atom. The molecule has 0 amide bonds. The Bertz CT molecular complexity index is 702. The summed E-state index contributed by atoms with van der Waals surface area (Å²) in [6.07, 6.45) is 1.85. The number of nitrogens with one attached hydrogen (secondary N) is 1. The van der Waals surface area contributed by atoms with E-state index in [1.807, 2.05) is 18.2 Å². The Kier molecular flexibility index (Phi) is 6.12.